The minimum Gasteiger partial charge on any atom is -0.427 e. The predicted molar refractivity (Wildman–Crippen MR) is 93.7 cm³/mol. The van der Waals surface area contributed by atoms with E-state index in [1.165, 1.54) is 0 Å². The zero-order valence-corrected chi connectivity index (χ0v) is 16.5. The van der Waals surface area contributed by atoms with E-state index >= 15 is 0 Å². The average molecular weight is 487 g/mol. The summed E-state index contributed by atoms with van der Waals surface area (Å²) >= 11 is 0. The maximum atomic E-state index is 13.7. The number of rotatable bonds is 6. The number of hydrogen-bond donors (Lipinski definition) is 1. The molecule has 2 aromatic carbocycles. The average Bonchev–Trinajstić information content (AvgIpc) is 2.66. The van der Waals surface area contributed by atoms with Crippen LogP contribution in [0, 0.1) is 0 Å². The normalized spacial score (nSPS) is 12.9. The van der Waals surface area contributed by atoms with E-state index in [2.05, 4.69) is 0 Å². The third-order valence-electron chi connectivity index (χ3n) is 3.88. The summed E-state index contributed by atoms with van der Waals surface area (Å²) in [6, 6.07) is 5.41. The van der Waals surface area contributed by atoms with Crippen molar-refractivity contribution in [1.82, 2.24) is 4.72 Å². The molecular weight excluding hydrogens is 475 g/mol. The van der Waals surface area contributed by atoms with Gasteiger partial charge in [-0.25, -0.2) is 13.1 Å². The molecule has 174 valence electrons. The molecule has 0 saturated carbocycles. The van der Waals surface area contributed by atoms with Crippen molar-refractivity contribution in [3.8, 4) is 5.75 Å². The number of alkyl halides is 7. The Bertz CT molecular complexity index is 1110. The highest BCUT2D eigenvalue weighted by molar-refractivity contribution is 7.90. The van der Waals surface area contributed by atoms with E-state index in [9.17, 15) is 48.7 Å². The summed E-state index contributed by atoms with van der Waals surface area (Å²) in [5.41, 5.74) is -2.35. The number of ether oxygens (including phenoxy) is 1. The molecule has 0 bridgehead atoms. The smallest absolute Gasteiger partial charge is 0.427 e. The van der Waals surface area contributed by atoms with Gasteiger partial charge in [0.05, 0.1) is 4.90 Å². The lowest BCUT2D eigenvalue weighted by molar-refractivity contribution is -0.359. The highest BCUT2D eigenvalue weighted by Crippen LogP contribution is 2.51. The molecule has 0 aliphatic rings. The van der Waals surface area contributed by atoms with Crippen molar-refractivity contribution < 1.29 is 53.5 Å². The van der Waals surface area contributed by atoms with Gasteiger partial charge in [-0.05, 0) is 36.4 Å². The Labute approximate surface area is 176 Å². The predicted octanol–water partition coefficient (Wildman–Crippen LogP) is 4.02. The monoisotopic (exact) mass is 487 g/mol. The molecule has 2 aromatic rings. The van der Waals surface area contributed by atoms with Crippen LogP contribution in [-0.4, -0.2) is 32.4 Å². The van der Waals surface area contributed by atoms with Crippen LogP contribution < -0.4 is 9.46 Å². The lowest BCUT2D eigenvalue weighted by Gasteiger charge is -2.28. The quantitative estimate of drug-likeness (QED) is 0.378. The summed E-state index contributed by atoms with van der Waals surface area (Å²) in [7, 11) is -4.49. The Kier molecular flexibility index (Phi) is 6.60. The largest absolute Gasteiger partial charge is 0.460 e. The molecule has 0 heterocycles. The van der Waals surface area contributed by atoms with Crippen LogP contribution in [0.25, 0.3) is 0 Å². The Hall–Kier alpha value is -3.16. The lowest BCUT2D eigenvalue weighted by Crippen LogP contribution is -2.50. The Morgan fingerprint density at radius 1 is 0.844 bits per heavy atom. The number of benzene rings is 2. The molecule has 0 saturated heterocycles. The minimum absolute atomic E-state index is 0.00921. The number of amides is 1. The SMILES string of the molecule is CC(=O)Oc1ccc(S(=O)(=O)NC(=O)c2ccc(C(F)(F)C(F)(F)C(F)(F)F)cc2)cc1. The number of esters is 1. The van der Waals surface area contributed by atoms with Crippen molar-refractivity contribution in [1.29, 1.82) is 0 Å². The Morgan fingerprint density at radius 2 is 1.34 bits per heavy atom. The molecule has 0 aliphatic heterocycles. The molecule has 6 nitrogen and oxygen atoms in total. The lowest BCUT2D eigenvalue weighted by atomic mass is 10.0. The van der Waals surface area contributed by atoms with Gasteiger partial charge in [-0.1, -0.05) is 12.1 Å². The van der Waals surface area contributed by atoms with Gasteiger partial charge in [-0.3, -0.25) is 9.59 Å². The van der Waals surface area contributed by atoms with Crippen molar-refractivity contribution in [2.45, 2.75) is 29.8 Å². The summed E-state index contributed by atoms with van der Waals surface area (Å²) < 4.78 is 121. The topological polar surface area (TPSA) is 89.5 Å². The molecule has 0 aliphatic carbocycles. The first-order valence-electron chi connectivity index (χ1n) is 8.27. The fourth-order valence-corrected chi connectivity index (χ4v) is 3.26. The van der Waals surface area contributed by atoms with E-state index in [1.807, 2.05) is 0 Å². The zero-order chi connectivity index (χ0) is 24.5. The van der Waals surface area contributed by atoms with E-state index in [0.717, 1.165) is 31.2 Å². The summed E-state index contributed by atoms with van der Waals surface area (Å²) in [6.45, 7) is 1.11. The molecule has 0 unspecified atom stereocenters. The summed E-state index contributed by atoms with van der Waals surface area (Å²) in [5, 5.41) is 0. The van der Waals surface area contributed by atoms with Crippen LogP contribution in [0.2, 0.25) is 0 Å². The maximum absolute atomic E-state index is 13.7. The first-order chi connectivity index (χ1) is 14.5. The van der Waals surface area contributed by atoms with Gasteiger partial charge in [0.2, 0.25) is 0 Å². The fraction of sp³-hybridized carbons (Fsp3) is 0.222. The van der Waals surface area contributed by atoms with Gasteiger partial charge < -0.3 is 4.74 Å². The van der Waals surface area contributed by atoms with Gasteiger partial charge in [0.15, 0.2) is 0 Å². The van der Waals surface area contributed by atoms with Gasteiger partial charge in [0.25, 0.3) is 15.9 Å². The number of carbonyl (C=O) groups is 2. The van der Waals surface area contributed by atoms with E-state index in [4.69, 9.17) is 4.74 Å². The molecule has 1 N–H and O–H groups in total. The standard InChI is InChI=1S/C18H12F7NO5S/c1-10(27)31-13-6-8-14(9-7-13)32(29,30)26-15(28)11-2-4-12(5-3-11)16(19,20)17(21,22)18(23,24)25/h2-9H,1H3,(H,26,28). The number of sulfonamides is 1. The number of carbonyl (C=O) groups excluding carboxylic acids is 2. The number of halogens is 7. The van der Waals surface area contributed by atoms with Crippen LogP contribution >= 0.6 is 0 Å². The van der Waals surface area contributed by atoms with Crippen LogP contribution in [0.5, 0.6) is 5.75 Å². The number of nitrogens with one attached hydrogen (secondary N) is 1. The maximum Gasteiger partial charge on any atom is 0.460 e. The fourth-order valence-electron chi connectivity index (χ4n) is 2.28. The highest BCUT2D eigenvalue weighted by atomic mass is 32.2. The third kappa shape index (κ3) is 5.00. The first-order valence-corrected chi connectivity index (χ1v) is 9.76. The molecule has 14 heteroatoms. The second kappa shape index (κ2) is 8.41. The second-order valence-corrected chi connectivity index (χ2v) is 7.91. The third-order valence-corrected chi connectivity index (χ3v) is 5.23. The molecule has 0 atom stereocenters. The summed E-state index contributed by atoms with van der Waals surface area (Å²) in [4.78, 5) is 22.5. The van der Waals surface area contributed by atoms with Crippen LogP contribution in [0.1, 0.15) is 22.8 Å². The molecule has 1 amide bonds. The van der Waals surface area contributed by atoms with Crippen LogP contribution in [-0.2, 0) is 20.7 Å². The van der Waals surface area contributed by atoms with Gasteiger partial charge in [0.1, 0.15) is 5.75 Å². The van der Waals surface area contributed by atoms with Crippen molar-refractivity contribution in [2.24, 2.45) is 0 Å². The molecule has 0 fully saturated rings. The first kappa shape index (κ1) is 25.1. The zero-order valence-electron chi connectivity index (χ0n) is 15.7. The number of hydrogen-bond acceptors (Lipinski definition) is 5. The van der Waals surface area contributed by atoms with E-state index in [1.54, 1.807) is 4.72 Å². The molecule has 2 rings (SSSR count). The molecule has 0 radical (unpaired) electrons. The van der Waals surface area contributed by atoms with Crippen molar-refractivity contribution in [3.05, 3.63) is 59.7 Å². The van der Waals surface area contributed by atoms with Gasteiger partial charge in [-0.15, -0.1) is 0 Å². The minimum atomic E-state index is -6.54. The summed E-state index contributed by atoms with van der Waals surface area (Å²) in [6.07, 6.45) is -6.54. The van der Waals surface area contributed by atoms with Crippen molar-refractivity contribution in [2.75, 3.05) is 0 Å². The molecule has 32 heavy (non-hydrogen) atoms. The van der Waals surface area contributed by atoms with E-state index in [0.29, 0.717) is 12.1 Å². The molecule has 0 aromatic heterocycles. The summed E-state index contributed by atoms with van der Waals surface area (Å²) in [5.74, 6) is -14.1. The highest BCUT2D eigenvalue weighted by Gasteiger charge is 2.73. The van der Waals surface area contributed by atoms with Gasteiger partial charge in [0, 0.05) is 18.1 Å². The Balaban J connectivity index is 2.21. The van der Waals surface area contributed by atoms with Crippen LogP contribution in [0.4, 0.5) is 30.7 Å². The van der Waals surface area contributed by atoms with E-state index < -0.39 is 55.9 Å². The molecular formula is C18H12F7NO5S. The van der Waals surface area contributed by atoms with Gasteiger partial charge in [-0.2, -0.15) is 30.7 Å². The molecule has 0 spiro atoms. The Morgan fingerprint density at radius 3 is 1.78 bits per heavy atom. The van der Waals surface area contributed by atoms with Crippen LogP contribution in [0.15, 0.2) is 53.4 Å². The second-order valence-electron chi connectivity index (χ2n) is 6.22. The van der Waals surface area contributed by atoms with Gasteiger partial charge >= 0.3 is 24.0 Å². The van der Waals surface area contributed by atoms with Crippen molar-refractivity contribution >= 4 is 21.9 Å². The van der Waals surface area contributed by atoms with Crippen LogP contribution in [0.3, 0.4) is 0 Å². The van der Waals surface area contributed by atoms with Crippen molar-refractivity contribution in [3.63, 3.8) is 0 Å². The van der Waals surface area contributed by atoms with E-state index in [-0.39, 0.29) is 17.9 Å².